The number of para-hydroxylation sites is 1. The molecule has 2 aromatic carbocycles. The molecule has 30 heavy (non-hydrogen) atoms. The molecule has 1 aliphatic heterocycles. The van der Waals surface area contributed by atoms with Gasteiger partial charge < -0.3 is 10.2 Å². The maximum Gasteiger partial charge on any atom is 0.275 e. The van der Waals surface area contributed by atoms with Gasteiger partial charge in [-0.1, -0.05) is 50.2 Å². The smallest absolute Gasteiger partial charge is 0.275 e. The average molecular weight is 405 g/mol. The van der Waals surface area contributed by atoms with E-state index in [2.05, 4.69) is 22.2 Å². The van der Waals surface area contributed by atoms with E-state index < -0.39 is 0 Å². The van der Waals surface area contributed by atoms with Gasteiger partial charge in [0.05, 0.1) is 5.39 Å². The summed E-state index contributed by atoms with van der Waals surface area (Å²) in [6.07, 6.45) is 3.12. The van der Waals surface area contributed by atoms with Crippen molar-refractivity contribution < 1.29 is 4.79 Å². The summed E-state index contributed by atoms with van der Waals surface area (Å²) in [5.41, 5.74) is 1.61. The van der Waals surface area contributed by atoms with E-state index in [4.69, 9.17) is 0 Å². The minimum absolute atomic E-state index is 0.113. The van der Waals surface area contributed by atoms with Crippen LogP contribution in [0.4, 0.5) is 11.5 Å². The number of nitrogens with one attached hydrogen (secondary N) is 1. The van der Waals surface area contributed by atoms with Gasteiger partial charge in [-0.2, -0.15) is 5.10 Å². The number of anilines is 2. The summed E-state index contributed by atoms with van der Waals surface area (Å²) in [6, 6.07) is 15.3. The monoisotopic (exact) mass is 404 g/mol. The van der Waals surface area contributed by atoms with Crippen LogP contribution in [-0.4, -0.2) is 28.8 Å². The van der Waals surface area contributed by atoms with E-state index in [1.54, 1.807) is 0 Å². The van der Waals surface area contributed by atoms with Crippen LogP contribution in [0.2, 0.25) is 0 Å². The van der Waals surface area contributed by atoms with Crippen molar-refractivity contribution in [2.24, 2.45) is 5.92 Å². The molecule has 2 heterocycles. The highest BCUT2D eigenvalue weighted by Crippen LogP contribution is 2.26. The van der Waals surface area contributed by atoms with Gasteiger partial charge in [0.15, 0.2) is 5.82 Å². The first kappa shape index (κ1) is 20.1. The number of hydrogen-bond acceptors (Lipinski definition) is 4. The Morgan fingerprint density at radius 2 is 1.87 bits per heavy atom. The minimum atomic E-state index is -0.251. The summed E-state index contributed by atoms with van der Waals surface area (Å²) in [7, 11) is 0. The molecule has 1 aromatic heterocycles. The molecule has 3 aromatic rings. The summed E-state index contributed by atoms with van der Waals surface area (Å²) < 4.78 is 1.31. The van der Waals surface area contributed by atoms with E-state index in [0.29, 0.717) is 11.3 Å². The first-order valence-corrected chi connectivity index (χ1v) is 10.7. The van der Waals surface area contributed by atoms with Gasteiger partial charge in [-0.3, -0.25) is 9.59 Å². The third-order valence-electron chi connectivity index (χ3n) is 5.77. The van der Waals surface area contributed by atoms with Gasteiger partial charge in [0.1, 0.15) is 6.54 Å². The van der Waals surface area contributed by atoms with Gasteiger partial charge in [-0.15, -0.1) is 0 Å². The van der Waals surface area contributed by atoms with Crippen molar-refractivity contribution in [1.82, 2.24) is 9.78 Å². The SMILES string of the molecule is CCc1ccccc1NC(=O)Cn1nc(N2CCC[C@H](C)C2)c2ccccc2c1=O. The maximum absolute atomic E-state index is 13.0. The molecule has 0 spiro atoms. The molecule has 1 N–H and O–H groups in total. The molecule has 1 aliphatic rings. The van der Waals surface area contributed by atoms with Crippen molar-refractivity contribution in [3.63, 3.8) is 0 Å². The molecule has 6 nitrogen and oxygen atoms in total. The zero-order valence-corrected chi connectivity index (χ0v) is 17.6. The van der Waals surface area contributed by atoms with Gasteiger partial charge in [0.25, 0.3) is 5.56 Å². The second kappa shape index (κ2) is 8.69. The van der Waals surface area contributed by atoms with Gasteiger partial charge in [0, 0.05) is 24.2 Å². The van der Waals surface area contributed by atoms with E-state index in [9.17, 15) is 9.59 Å². The highest BCUT2D eigenvalue weighted by atomic mass is 16.2. The molecule has 156 valence electrons. The molecule has 6 heteroatoms. The molecule has 0 radical (unpaired) electrons. The van der Waals surface area contributed by atoms with Crippen molar-refractivity contribution >= 4 is 28.2 Å². The average Bonchev–Trinajstić information content (AvgIpc) is 2.76. The number of piperidine rings is 1. The number of aromatic nitrogens is 2. The minimum Gasteiger partial charge on any atom is -0.354 e. The van der Waals surface area contributed by atoms with Gasteiger partial charge in [-0.25, -0.2) is 4.68 Å². The lowest BCUT2D eigenvalue weighted by Crippen LogP contribution is -2.38. The van der Waals surface area contributed by atoms with Crippen molar-refractivity contribution in [3.05, 3.63) is 64.4 Å². The van der Waals surface area contributed by atoms with E-state index in [1.165, 1.54) is 11.1 Å². The molecular formula is C24H28N4O2. The number of hydrogen-bond donors (Lipinski definition) is 1. The zero-order valence-electron chi connectivity index (χ0n) is 17.6. The fraction of sp³-hybridized carbons (Fsp3) is 0.375. The van der Waals surface area contributed by atoms with Gasteiger partial charge in [-0.05, 0) is 42.9 Å². The molecule has 0 bridgehead atoms. The van der Waals surface area contributed by atoms with Crippen LogP contribution in [0.25, 0.3) is 10.8 Å². The Labute approximate surface area is 176 Å². The summed E-state index contributed by atoms with van der Waals surface area (Å²) in [4.78, 5) is 28.0. The number of aryl methyl sites for hydroxylation is 1. The van der Waals surface area contributed by atoms with Crippen molar-refractivity contribution in [3.8, 4) is 0 Å². The topological polar surface area (TPSA) is 67.2 Å². The molecule has 0 unspecified atom stereocenters. The quantitative estimate of drug-likeness (QED) is 0.702. The molecule has 1 amide bonds. The fourth-order valence-electron chi connectivity index (χ4n) is 4.22. The fourth-order valence-corrected chi connectivity index (χ4v) is 4.22. The Morgan fingerprint density at radius 1 is 1.13 bits per heavy atom. The summed E-state index contributed by atoms with van der Waals surface area (Å²) in [6.45, 7) is 5.99. The largest absolute Gasteiger partial charge is 0.354 e. The third-order valence-corrected chi connectivity index (χ3v) is 5.77. The first-order valence-electron chi connectivity index (χ1n) is 10.7. The molecule has 0 saturated carbocycles. The number of carbonyl (C=O) groups excluding carboxylic acids is 1. The lowest BCUT2D eigenvalue weighted by atomic mass is 10.00. The lowest BCUT2D eigenvalue weighted by molar-refractivity contribution is -0.117. The van der Waals surface area contributed by atoms with Crippen LogP contribution in [0.15, 0.2) is 53.3 Å². The van der Waals surface area contributed by atoms with Crippen molar-refractivity contribution in [2.45, 2.75) is 39.7 Å². The molecule has 1 atom stereocenters. The normalized spacial score (nSPS) is 16.6. The lowest BCUT2D eigenvalue weighted by Gasteiger charge is -2.32. The molecular weight excluding hydrogens is 376 g/mol. The zero-order chi connectivity index (χ0) is 21.1. The first-order chi connectivity index (χ1) is 14.6. The number of benzene rings is 2. The maximum atomic E-state index is 13.0. The van der Waals surface area contributed by atoms with Crippen LogP contribution in [0, 0.1) is 5.92 Å². The predicted octanol–water partition coefficient (Wildman–Crippen LogP) is 3.83. The Kier molecular flexibility index (Phi) is 5.84. The Balaban J connectivity index is 1.67. The Morgan fingerprint density at radius 3 is 2.63 bits per heavy atom. The summed E-state index contributed by atoms with van der Waals surface area (Å²) in [5.74, 6) is 1.12. The standard InChI is InChI=1S/C24H28N4O2/c1-3-18-10-4-7-13-21(18)25-22(29)16-28-24(30)20-12-6-5-11-19(20)23(26-28)27-14-8-9-17(2)15-27/h4-7,10-13,17H,3,8-9,14-16H2,1-2H3,(H,25,29)/t17-/m0/s1. The van der Waals surface area contributed by atoms with Crippen molar-refractivity contribution in [1.29, 1.82) is 0 Å². The molecule has 0 aliphatic carbocycles. The van der Waals surface area contributed by atoms with Crippen LogP contribution in [0.3, 0.4) is 0 Å². The van der Waals surface area contributed by atoms with E-state index in [1.807, 2.05) is 55.5 Å². The Bertz CT molecular complexity index is 1120. The number of carbonyl (C=O) groups is 1. The molecule has 1 fully saturated rings. The van der Waals surface area contributed by atoms with Crippen LogP contribution in [0.1, 0.15) is 32.3 Å². The summed E-state index contributed by atoms with van der Waals surface area (Å²) >= 11 is 0. The number of rotatable bonds is 5. The van der Waals surface area contributed by atoms with E-state index >= 15 is 0 Å². The summed E-state index contributed by atoms with van der Waals surface area (Å²) in [5, 5.41) is 9.04. The highest BCUT2D eigenvalue weighted by molar-refractivity contribution is 5.93. The van der Waals surface area contributed by atoms with Crippen LogP contribution >= 0.6 is 0 Å². The van der Waals surface area contributed by atoms with Gasteiger partial charge in [0.2, 0.25) is 5.91 Å². The molecule has 1 saturated heterocycles. The molecule has 4 rings (SSSR count). The van der Waals surface area contributed by atoms with Crippen LogP contribution in [0.5, 0.6) is 0 Å². The number of nitrogens with zero attached hydrogens (tertiary/aromatic N) is 3. The predicted molar refractivity (Wildman–Crippen MR) is 121 cm³/mol. The Hall–Kier alpha value is -3.15. The highest BCUT2D eigenvalue weighted by Gasteiger charge is 2.22. The van der Waals surface area contributed by atoms with Gasteiger partial charge >= 0.3 is 0 Å². The number of fused-ring (bicyclic) bond motifs is 1. The number of amides is 1. The third kappa shape index (κ3) is 4.08. The second-order valence-corrected chi connectivity index (χ2v) is 8.08. The second-order valence-electron chi connectivity index (χ2n) is 8.08. The van der Waals surface area contributed by atoms with Crippen LogP contribution in [-0.2, 0) is 17.8 Å². The van der Waals surface area contributed by atoms with Crippen LogP contribution < -0.4 is 15.8 Å². The van der Waals surface area contributed by atoms with Crippen molar-refractivity contribution in [2.75, 3.05) is 23.3 Å². The van der Waals surface area contributed by atoms with E-state index in [-0.39, 0.29) is 18.0 Å². The van der Waals surface area contributed by atoms with E-state index in [0.717, 1.165) is 48.4 Å².